The molecule has 1 fully saturated rings. The topological polar surface area (TPSA) is 122 Å². The van der Waals surface area contributed by atoms with Gasteiger partial charge in [-0.3, -0.25) is 9.59 Å². The Hall–Kier alpha value is -3.17. The predicted octanol–water partition coefficient (Wildman–Crippen LogP) is 0.528. The van der Waals surface area contributed by atoms with E-state index in [4.69, 9.17) is 9.47 Å². The number of piperidine rings is 1. The monoisotopic (exact) mass is 374 g/mol. The number of tetrazole rings is 1. The van der Waals surface area contributed by atoms with Crippen LogP contribution in [-0.4, -0.2) is 63.6 Å². The van der Waals surface area contributed by atoms with Gasteiger partial charge in [0.1, 0.15) is 6.10 Å². The normalized spacial score (nSPS) is 14.7. The Labute approximate surface area is 156 Å². The van der Waals surface area contributed by atoms with Gasteiger partial charge in [0.05, 0.1) is 13.7 Å². The minimum Gasteiger partial charge on any atom is -0.493 e. The van der Waals surface area contributed by atoms with Crippen molar-refractivity contribution in [3.8, 4) is 11.5 Å². The number of amides is 2. The summed E-state index contributed by atoms with van der Waals surface area (Å²) >= 11 is 0. The zero-order valence-electron chi connectivity index (χ0n) is 15.3. The molecule has 0 unspecified atom stereocenters. The summed E-state index contributed by atoms with van der Waals surface area (Å²) in [6.45, 7) is 3.11. The fourth-order valence-electron chi connectivity index (χ4n) is 2.89. The third-order valence-corrected chi connectivity index (χ3v) is 4.40. The molecule has 2 aromatic rings. The highest BCUT2D eigenvalue weighted by molar-refractivity contribution is 5.94. The lowest BCUT2D eigenvalue weighted by Gasteiger charge is -2.31. The fourth-order valence-corrected chi connectivity index (χ4v) is 2.89. The van der Waals surface area contributed by atoms with Crippen LogP contribution in [0, 0.1) is 0 Å². The number of methoxy groups -OCH3 is 1. The van der Waals surface area contributed by atoms with Crippen LogP contribution in [0.1, 0.15) is 35.9 Å². The van der Waals surface area contributed by atoms with Crippen molar-refractivity contribution in [2.45, 2.75) is 32.4 Å². The van der Waals surface area contributed by atoms with E-state index in [1.807, 2.05) is 4.90 Å². The number of carbonyl (C=O) groups is 2. The number of carbonyl (C=O) groups excluding carboxylic acids is 2. The van der Waals surface area contributed by atoms with Crippen LogP contribution in [0.2, 0.25) is 0 Å². The standard InChI is InChI=1S/C17H22N6O4/c1-11(24)23-7-5-13(6-8-23)27-14-4-3-12(9-15(14)26-2)17(25)18-10-16-19-21-22-20-16/h3-4,9,13H,5-8,10H2,1-2H3,(H,18,25)(H,19,20,21,22). The van der Waals surface area contributed by atoms with Gasteiger partial charge >= 0.3 is 0 Å². The fraction of sp³-hybridized carbons (Fsp3) is 0.471. The molecule has 0 saturated carbocycles. The van der Waals surface area contributed by atoms with Crippen LogP contribution in [0.15, 0.2) is 18.2 Å². The van der Waals surface area contributed by atoms with Gasteiger partial charge in [-0.1, -0.05) is 5.21 Å². The summed E-state index contributed by atoms with van der Waals surface area (Å²) in [6, 6.07) is 5.03. The van der Waals surface area contributed by atoms with Crippen molar-refractivity contribution in [2.24, 2.45) is 0 Å². The number of nitrogens with one attached hydrogen (secondary N) is 2. The van der Waals surface area contributed by atoms with Crippen molar-refractivity contribution in [1.82, 2.24) is 30.8 Å². The van der Waals surface area contributed by atoms with Crippen molar-refractivity contribution in [3.63, 3.8) is 0 Å². The zero-order valence-corrected chi connectivity index (χ0v) is 15.3. The highest BCUT2D eigenvalue weighted by Gasteiger charge is 2.23. The van der Waals surface area contributed by atoms with E-state index in [-0.39, 0.29) is 24.5 Å². The first-order chi connectivity index (χ1) is 13.1. The highest BCUT2D eigenvalue weighted by Crippen LogP contribution is 2.30. The minimum atomic E-state index is -0.278. The largest absolute Gasteiger partial charge is 0.493 e. The lowest BCUT2D eigenvalue weighted by Crippen LogP contribution is -2.40. The van der Waals surface area contributed by atoms with E-state index in [1.54, 1.807) is 25.1 Å². The quantitative estimate of drug-likeness (QED) is 0.756. The second kappa shape index (κ2) is 8.47. The van der Waals surface area contributed by atoms with Crippen molar-refractivity contribution in [1.29, 1.82) is 0 Å². The molecule has 144 valence electrons. The predicted molar refractivity (Wildman–Crippen MR) is 94.2 cm³/mol. The number of rotatable bonds is 6. The van der Waals surface area contributed by atoms with Gasteiger partial charge in [0.15, 0.2) is 17.3 Å². The second-order valence-electron chi connectivity index (χ2n) is 6.20. The van der Waals surface area contributed by atoms with Crippen LogP contribution in [0.25, 0.3) is 0 Å². The summed E-state index contributed by atoms with van der Waals surface area (Å²) in [6.07, 6.45) is 1.53. The molecule has 2 heterocycles. The third-order valence-electron chi connectivity index (χ3n) is 4.40. The van der Waals surface area contributed by atoms with Crippen molar-refractivity contribution in [3.05, 3.63) is 29.6 Å². The van der Waals surface area contributed by atoms with Gasteiger partial charge < -0.3 is 19.7 Å². The molecular weight excluding hydrogens is 352 g/mol. The molecule has 10 heteroatoms. The first-order valence-corrected chi connectivity index (χ1v) is 8.67. The molecule has 3 rings (SSSR count). The minimum absolute atomic E-state index is 0.00687. The summed E-state index contributed by atoms with van der Waals surface area (Å²) < 4.78 is 11.4. The third kappa shape index (κ3) is 4.72. The maximum atomic E-state index is 12.3. The molecule has 1 saturated heterocycles. The van der Waals surface area contributed by atoms with Gasteiger partial charge in [0.2, 0.25) is 5.91 Å². The second-order valence-corrected chi connectivity index (χ2v) is 6.20. The summed E-state index contributed by atoms with van der Waals surface area (Å²) in [7, 11) is 1.53. The Kier molecular flexibility index (Phi) is 5.84. The summed E-state index contributed by atoms with van der Waals surface area (Å²) in [5.41, 5.74) is 0.439. The van der Waals surface area contributed by atoms with Crippen LogP contribution in [0.4, 0.5) is 0 Å². The Morgan fingerprint density at radius 3 is 2.70 bits per heavy atom. The van der Waals surface area contributed by atoms with Crippen molar-refractivity contribution in [2.75, 3.05) is 20.2 Å². The van der Waals surface area contributed by atoms with E-state index in [0.717, 1.165) is 12.8 Å². The SMILES string of the molecule is COc1cc(C(=O)NCc2nn[nH]n2)ccc1OC1CCN(C(C)=O)CC1. The Bertz CT molecular complexity index is 787. The highest BCUT2D eigenvalue weighted by atomic mass is 16.5. The molecule has 1 aromatic carbocycles. The van der Waals surface area contributed by atoms with Crippen LogP contribution < -0.4 is 14.8 Å². The van der Waals surface area contributed by atoms with E-state index < -0.39 is 0 Å². The van der Waals surface area contributed by atoms with E-state index in [9.17, 15) is 9.59 Å². The molecular formula is C17H22N6O4. The smallest absolute Gasteiger partial charge is 0.251 e. The van der Waals surface area contributed by atoms with Gasteiger partial charge in [-0.25, -0.2) is 0 Å². The number of ether oxygens (including phenoxy) is 2. The number of H-pyrrole nitrogens is 1. The van der Waals surface area contributed by atoms with Crippen molar-refractivity contribution < 1.29 is 19.1 Å². The number of nitrogens with zero attached hydrogens (tertiary/aromatic N) is 4. The van der Waals surface area contributed by atoms with E-state index in [1.165, 1.54) is 7.11 Å². The lowest BCUT2D eigenvalue weighted by atomic mass is 10.1. The molecule has 0 atom stereocenters. The molecule has 27 heavy (non-hydrogen) atoms. The summed E-state index contributed by atoms with van der Waals surface area (Å²) in [5, 5.41) is 16.0. The molecule has 0 spiro atoms. The number of hydrogen-bond acceptors (Lipinski definition) is 7. The average Bonchev–Trinajstić information content (AvgIpc) is 3.20. The molecule has 0 radical (unpaired) electrons. The molecule has 2 N–H and O–H groups in total. The van der Waals surface area contributed by atoms with Crippen LogP contribution in [-0.2, 0) is 11.3 Å². The van der Waals surface area contributed by atoms with Crippen molar-refractivity contribution >= 4 is 11.8 Å². The average molecular weight is 374 g/mol. The van der Waals surface area contributed by atoms with E-state index >= 15 is 0 Å². The number of benzene rings is 1. The molecule has 1 aliphatic heterocycles. The first kappa shape index (κ1) is 18.6. The number of aromatic nitrogens is 4. The maximum absolute atomic E-state index is 12.3. The number of likely N-dealkylation sites (tertiary alicyclic amines) is 1. The summed E-state index contributed by atoms with van der Waals surface area (Å²) in [5.74, 6) is 1.26. The van der Waals surface area contributed by atoms with Crippen LogP contribution >= 0.6 is 0 Å². The van der Waals surface area contributed by atoms with Gasteiger partial charge in [-0.2, -0.15) is 5.21 Å². The Balaban J connectivity index is 1.60. The van der Waals surface area contributed by atoms with Gasteiger partial charge in [-0.05, 0) is 18.2 Å². The molecule has 0 aliphatic carbocycles. The van der Waals surface area contributed by atoms with Crippen LogP contribution in [0.3, 0.4) is 0 Å². The number of hydrogen-bond donors (Lipinski definition) is 2. The molecule has 0 bridgehead atoms. The Morgan fingerprint density at radius 2 is 2.07 bits per heavy atom. The molecule has 1 aromatic heterocycles. The van der Waals surface area contributed by atoms with Crippen LogP contribution in [0.5, 0.6) is 11.5 Å². The first-order valence-electron chi connectivity index (χ1n) is 8.67. The zero-order chi connectivity index (χ0) is 19.2. The summed E-state index contributed by atoms with van der Waals surface area (Å²) in [4.78, 5) is 25.5. The molecule has 2 amide bonds. The van der Waals surface area contributed by atoms with E-state index in [0.29, 0.717) is 36.0 Å². The van der Waals surface area contributed by atoms with Gasteiger partial charge in [0, 0.05) is 38.4 Å². The number of aromatic amines is 1. The Morgan fingerprint density at radius 1 is 1.30 bits per heavy atom. The lowest BCUT2D eigenvalue weighted by molar-refractivity contribution is -0.130. The molecule has 1 aliphatic rings. The van der Waals surface area contributed by atoms with E-state index in [2.05, 4.69) is 25.9 Å². The molecule has 10 nitrogen and oxygen atoms in total. The van der Waals surface area contributed by atoms with Gasteiger partial charge in [0.25, 0.3) is 5.91 Å². The van der Waals surface area contributed by atoms with Gasteiger partial charge in [-0.15, -0.1) is 10.2 Å². The maximum Gasteiger partial charge on any atom is 0.251 e.